The van der Waals surface area contributed by atoms with Crippen LogP contribution < -0.4 is 0 Å². The number of nitrogens with one attached hydrogen (secondary N) is 1. The Balaban J connectivity index is 2.03. The van der Waals surface area contributed by atoms with Crippen molar-refractivity contribution in [1.29, 1.82) is 0 Å². The normalized spacial score (nSPS) is 12.6. The number of hydrogen-bond donors (Lipinski definition) is 1. The Bertz CT molecular complexity index is 1390. The molecule has 0 aliphatic rings. The number of aromatic nitrogens is 7. The summed E-state index contributed by atoms with van der Waals surface area (Å²) in [5.41, 5.74) is 2.05. The second kappa shape index (κ2) is 5.31. The van der Waals surface area contributed by atoms with E-state index in [9.17, 15) is 13.2 Å². The van der Waals surface area contributed by atoms with E-state index < -0.39 is 11.7 Å². The number of hydrogen-bond acceptors (Lipinski definition) is 4. The number of aryl methyl sites for hydroxylation is 3. The number of alkyl halides is 3. The van der Waals surface area contributed by atoms with Gasteiger partial charge < -0.3 is 4.57 Å². The van der Waals surface area contributed by atoms with Crippen LogP contribution in [0.5, 0.6) is 0 Å². The molecule has 7 nitrogen and oxygen atoms in total. The zero-order valence-electron chi connectivity index (χ0n) is 15.1. The van der Waals surface area contributed by atoms with Gasteiger partial charge in [-0.15, -0.1) is 0 Å². The molecular formula is C18H14F3N7. The van der Waals surface area contributed by atoms with Gasteiger partial charge in [-0.25, -0.2) is 9.97 Å². The highest BCUT2D eigenvalue weighted by Gasteiger charge is 2.38. The zero-order chi connectivity index (χ0) is 19.8. The highest BCUT2D eigenvalue weighted by atomic mass is 19.4. The van der Waals surface area contributed by atoms with Gasteiger partial charge in [0.1, 0.15) is 17.7 Å². The first-order chi connectivity index (χ1) is 13.3. The number of benzene rings is 1. The van der Waals surface area contributed by atoms with Crippen molar-refractivity contribution < 1.29 is 13.2 Å². The summed E-state index contributed by atoms with van der Waals surface area (Å²) in [7, 11) is 3.46. The van der Waals surface area contributed by atoms with Crippen LogP contribution in [0.25, 0.3) is 44.2 Å². The van der Waals surface area contributed by atoms with E-state index in [-0.39, 0.29) is 16.8 Å². The Labute approximate surface area is 155 Å². The summed E-state index contributed by atoms with van der Waals surface area (Å²) in [6, 6.07) is 1.46. The van der Waals surface area contributed by atoms with Crippen molar-refractivity contribution in [1.82, 2.24) is 34.5 Å². The molecule has 10 heteroatoms. The van der Waals surface area contributed by atoms with Crippen molar-refractivity contribution in [2.75, 3.05) is 0 Å². The lowest BCUT2D eigenvalue weighted by atomic mass is 9.95. The Morgan fingerprint density at radius 3 is 2.61 bits per heavy atom. The summed E-state index contributed by atoms with van der Waals surface area (Å²) in [5.74, 6) is 0. The maximum atomic E-state index is 14.0. The van der Waals surface area contributed by atoms with Crippen LogP contribution >= 0.6 is 0 Å². The lowest BCUT2D eigenvalue weighted by molar-refractivity contribution is -0.137. The lowest BCUT2D eigenvalue weighted by Crippen LogP contribution is -2.11. The van der Waals surface area contributed by atoms with E-state index in [0.717, 1.165) is 5.39 Å². The maximum absolute atomic E-state index is 14.0. The topological polar surface area (TPSA) is 77.2 Å². The van der Waals surface area contributed by atoms with Crippen molar-refractivity contribution in [3.8, 4) is 11.3 Å². The Kier molecular flexibility index (Phi) is 3.17. The highest BCUT2D eigenvalue weighted by Crippen LogP contribution is 2.45. The average Bonchev–Trinajstić information content (AvgIpc) is 3.29. The van der Waals surface area contributed by atoms with Gasteiger partial charge >= 0.3 is 6.18 Å². The van der Waals surface area contributed by atoms with Crippen LogP contribution in [0.1, 0.15) is 11.1 Å². The van der Waals surface area contributed by atoms with Gasteiger partial charge in [-0.3, -0.25) is 9.78 Å². The van der Waals surface area contributed by atoms with Crippen molar-refractivity contribution >= 4 is 33.0 Å². The first kappa shape index (κ1) is 16.7. The van der Waals surface area contributed by atoms with Crippen molar-refractivity contribution in [3.05, 3.63) is 35.9 Å². The van der Waals surface area contributed by atoms with Gasteiger partial charge in [0.25, 0.3) is 0 Å². The molecule has 5 rings (SSSR count). The number of rotatable bonds is 1. The SMILES string of the molecule is Cc1cc2[nH]ncc2c(-c2nn(C)c3c4cncnc4n(C)c23)c1C(F)(F)F. The smallest absolute Gasteiger partial charge is 0.325 e. The molecule has 28 heavy (non-hydrogen) atoms. The van der Waals surface area contributed by atoms with Crippen LogP contribution in [-0.4, -0.2) is 34.5 Å². The summed E-state index contributed by atoms with van der Waals surface area (Å²) in [4.78, 5) is 8.33. The van der Waals surface area contributed by atoms with E-state index in [4.69, 9.17) is 0 Å². The van der Waals surface area contributed by atoms with E-state index in [0.29, 0.717) is 27.6 Å². The monoisotopic (exact) mass is 385 g/mol. The third-order valence-electron chi connectivity index (χ3n) is 5.09. The molecule has 1 N–H and O–H groups in total. The van der Waals surface area contributed by atoms with Crippen molar-refractivity contribution in [2.24, 2.45) is 14.1 Å². The predicted octanol–water partition coefficient (Wildman–Crippen LogP) is 3.73. The fraction of sp³-hybridized carbons (Fsp3) is 0.222. The quantitative estimate of drug-likeness (QED) is 0.477. The molecule has 142 valence electrons. The lowest BCUT2D eigenvalue weighted by Gasteiger charge is -2.16. The summed E-state index contributed by atoms with van der Waals surface area (Å²) in [6.45, 7) is 1.44. The molecule has 0 spiro atoms. The molecule has 4 aromatic heterocycles. The second-order valence-corrected chi connectivity index (χ2v) is 6.76. The molecule has 0 fully saturated rings. The van der Waals surface area contributed by atoms with Crippen LogP contribution in [0, 0.1) is 6.92 Å². The Morgan fingerprint density at radius 1 is 1.07 bits per heavy atom. The third kappa shape index (κ3) is 2.05. The average molecular weight is 385 g/mol. The van der Waals surface area contributed by atoms with Gasteiger partial charge in [0.15, 0.2) is 0 Å². The molecule has 4 heterocycles. The molecule has 0 atom stereocenters. The van der Waals surface area contributed by atoms with Gasteiger partial charge in [0.2, 0.25) is 0 Å². The van der Waals surface area contributed by atoms with E-state index in [2.05, 4.69) is 25.3 Å². The third-order valence-corrected chi connectivity index (χ3v) is 5.09. The van der Waals surface area contributed by atoms with Crippen LogP contribution in [0.3, 0.4) is 0 Å². The van der Waals surface area contributed by atoms with Crippen LogP contribution in [0.2, 0.25) is 0 Å². The van der Waals surface area contributed by atoms with E-state index in [1.165, 1.54) is 25.5 Å². The summed E-state index contributed by atoms with van der Waals surface area (Å²) < 4.78 is 45.5. The van der Waals surface area contributed by atoms with E-state index in [1.54, 1.807) is 29.5 Å². The molecule has 0 aliphatic heterocycles. The molecule has 5 aromatic rings. The van der Waals surface area contributed by atoms with Crippen LogP contribution in [0.4, 0.5) is 13.2 Å². The zero-order valence-corrected chi connectivity index (χ0v) is 15.1. The molecule has 0 aliphatic carbocycles. The van der Waals surface area contributed by atoms with Crippen molar-refractivity contribution in [2.45, 2.75) is 13.1 Å². The fourth-order valence-corrected chi connectivity index (χ4v) is 4.00. The molecule has 1 aromatic carbocycles. The van der Waals surface area contributed by atoms with Crippen LogP contribution in [-0.2, 0) is 20.3 Å². The molecule has 0 saturated heterocycles. The number of aromatic amines is 1. The number of halogens is 3. The first-order valence-electron chi connectivity index (χ1n) is 8.44. The number of fused-ring (bicyclic) bond motifs is 4. The number of nitrogens with zero attached hydrogens (tertiary/aromatic N) is 6. The van der Waals surface area contributed by atoms with Gasteiger partial charge in [0, 0.05) is 31.2 Å². The molecule has 0 amide bonds. The number of H-pyrrole nitrogens is 1. The van der Waals surface area contributed by atoms with Gasteiger partial charge in [-0.2, -0.15) is 23.4 Å². The Hall–Kier alpha value is -3.43. The van der Waals surface area contributed by atoms with Gasteiger partial charge in [0.05, 0.1) is 33.7 Å². The second-order valence-electron chi connectivity index (χ2n) is 6.76. The maximum Gasteiger partial charge on any atom is 0.417 e. The molecule has 0 bridgehead atoms. The van der Waals surface area contributed by atoms with Gasteiger partial charge in [-0.1, -0.05) is 0 Å². The minimum Gasteiger partial charge on any atom is -0.325 e. The minimum absolute atomic E-state index is 0.0146. The largest absolute Gasteiger partial charge is 0.417 e. The Morgan fingerprint density at radius 2 is 1.86 bits per heavy atom. The molecule has 0 unspecified atom stereocenters. The highest BCUT2D eigenvalue weighted by molar-refractivity contribution is 6.12. The predicted molar refractivity (Wildman–Crippen MR) is 97.6 cm³/mol. The molecule has 0 saturated carbocycles. The fourth-order valence-electron chi connectivity index (χ4n) is 4.00. The van der Waals surface area contributed by atoms with Gasteiger partial charge in [-0.05, 0) is 18.6 Å². The van der Waals surface area contributed by atoms with Crippen molar-refractivity contribution in [3.63, 3.8) is 0 Å². The molecular weight excluding hydrogens is 371 g/mol. The van der Waals surface area contributed by atoms with E-state index in [1.807, 2.05) is 0 Å². The molecule has 0 radical (unpaired) electrons. The van der Waals surface area contributed by atoms with E-state index >= 15 is 0 Å². The summed E-state index contributed by atoms with van der Waals surface area (Å²) in [5, 5.41) is 12.3. The standard InChI is InChI=1S/C18H14F3N7/c1-8-4-11-9(6-24-25-11)12(13(8)18(19,20)21)14-16-15(28(3)26-14)10-5-22-7-23-17(10)27(16)2/h4-7H,1-3H3,(H,24,25). The van der Waals surface area contributed by atoms with Crippen LogP contribution in [0.15, 0.2) is 24.8 Å². The summed E-state index contributed by atoms with van der Waals surface area (Å²) >= 11 is 0. The summed E-state index contributed by atoms with van der Waals surface area (Å²) in [6.07, 6.45) is -0.0810. The minimum atomic E-state index is -4.54. The first-order valence-corrected chi connectivity index (χ1v) is 8.44.